The van der Waals surface area contributed by atoms with Gasteiger partial charge in [-0.1, -0.05) is 30.3 Å². The molecule has 2 fully saturated rings. The van der Waals surface area contributed by atoms with E-state index in [4.69, 9.17) is 24.2 Å². The molecule has 2 aliphatic rings. The summed E-state index contributed by atoms with van der Waals surface area (Å²) in [7, 11) is 0. The molecule has 4 aromatic rings. The van der Waals surface area contributed by atoms with E-state index < -0.39 is 6.10 Å². The molecule has 2 N–H and O–H groups in total. The van der Waals surface area contributed by atoms with Crippen molar-refractivity contribution >= 4 is 11.9 Å². The monoisotopic (exact) mass is 558 g/mol. The van der Waals surface area contributed by atoms with Gasteiger partial charge in [0, 0.05) is 18.3 Å². The van der Waals surface area contributed by atoms with E-state index >= 15 is 0 Å². The van der Waals surface area contributed by atoms with E-state index in [2.05, 4.69) is 15.3 Å². The van der Waals surface area contributed by atoms with Crippen molar-refractivity contribution in [1.82, 2.24) is 24.8 Å². The molecular weight excluding hydrogens is 527 g/mol. The van der Waals surface area contributed by atoms with Crippen molar-refractivity contribution in [3.05, 3.63) is 84.1 Å². The highest BCUT2D eigenvalue weighted by Gasteiger charge is 2.36. The third-order valence-electron chi connectivity index (χ3n) is 7.22. The summed E-state index contributed by atoms with van der Waals surface area (Å²) in [5, 5.41) is 3.27. The first-order valence-corrected chi connectivity index (χ1v) is 13.6. The van der Waals surface area contributed by atoms with Gasteiger partial charge < -0.3 is 29.4 Å². The van der Waals surface area contributed by atoms with Gasteiger partial charge in [0.25, 0.3) is 0 Å². The number of hydrogen-bond donors (Lipinski definition) is 2. The molecule has 2 aliphatic heterocycles. The zero-order valence-corrected chi connectivity index (χ0v) is 22.6. The smallest absolute Gasteiger partial charge is 0.230 e. The van der Waals surface area contributed by atoms with Gasteiger partial charge in [-0.25, -0.2) is 19.3 Å². The van der Waals surface area contributed by atoms with Crippen LogP contribution in [0.4, 0.5) is 10.3 Å². The number of aromatic nitrogens is 4. The second-order valence-electron chi connectivity index (χ2n) is 10.2. The summed E-state index contributed by atoms with van der Waals surface area (Å²) in [5.74, 6) is 0.298. The topological polar surface area (TPSA) is 114 Å². The van der Waals surface area contributed by atoms with Gasteiger partial charge in [0.2, 0.25) is 11.9 Å². The number of benzene rings is 2. The molecule has 0 radical (unpaired) electrons. The molecule has 41 heavy (non-hydrogen) atoms. The summed E-state index contributed by atoms with van der Waals surface area (Å²) in [6.07, 6.45) is 1.18. The number of halogens is 1. The summed E-state index contributed by atoms with van der Waals surface area (Å²) in [4.78, 5) is 32.5. The van der Waals surface area contributed by atoms with Gasteiger partial charge in [-0.15, -0.1) is 0 Å². The molecule has 2 unspecified atom stereocenters. The van der Waals surface area contributed by atoms with E-state index in [1.54, 1.807) is 24.4 Å². The number of anilines is 1. The maximum absolute atomic E-state index is 13.8. The molecule has 1 amide bonds. The van der Waals surface area contributed by atoms with Crippen molar-refractivity contribution in [2.24, 2.45) is 5.92 Å². The Balaban J connectivity index is 1.29. The van der Waals surface area contributed by atoms with Gasteiger partial charge in [0.15, 0.2) is 0 Å². The molecule has 2 saturated heterocycles. The molecule has 6 rings (SSSR count). The third-order valence-corrected chi connectivity index (χ3v) is 7.22. The molecule has 10 nitrogen and oxygen atoms in total. The van der Waals surface area contributed by atoms with E-state index in [0.717, 1.165) is 11.1 Å². The largest absolute Gasteiger partial charge is 0.366 e. The van der Waals surface area contributed by atoms with Gasteiger partial charge in [0.05, 0.1) is 55.4 Å². The average Bonchev–Trinajstić information content (AvgIpc) is 3.47. The first-order chi connectivity index (χ1) is 20.0. The standard InChI is InChI=1S/C30H31FN6O4/c1-19-15-41-25(14-37(19)29(38)22-16-39-18-40-17-22)28-35-26(21-7-9-23(31)10-8-21)27(36-28)24-11-12-32-30(34-24)33-13-20-5-3-2-4-6-20/h2-12,19,22,25H,13-18H2,1H3,(H,35,36)(H,32,33,34). The van der Waals surface area contributed by atoms with E-state index in [1.165, 1.54) is 12.1 Å². The Morgan fingerprint density at radius 1 is 1.05 bits per heavy atom. The lowest BCUT2D eigenvalue weighted by molar-refractivity contribution is -0.170. The quantitative estimate of drug-likeness (QED) is 0.347. The average molecular weight is 559 g/mol. The van der Waals surface area contributed by atoms with Gasteiger partial charge in [0.1, 0.15) is 24.5 Å². The molecule has 2 aromatic heterocycles. The molecule has 0 spiro atoms. The van der Waals surface area contributed by atoms with Crippen molar-refractivity contribution in [3.63, 3.8) is 0 Å². The van der Waals surface area contributed by atoms with Crippen molar-refractivity contribution in [3.8, 4) is 22.6 Å². The number of nitrogens with zero attached hydrogens (tertiary/aromatic N) is 4. The van der Waals surface area contributed by atoms with Crippen LogP contribution in [0.25, 0.3) is 22.6 Å². The van der Waals surface area contributed by atoms with E-state index in [9.17, 15) is 9.18 Å². The van der Waals surface area contributed by atoms with Crippen molar-refractivity contribution < 1.29 is 23.4 Å². The maximum Gasteiger partial charge on any atom is 0.230 e. The number of ether oxygens (including phenoxy) is 3. The molecule has 2 atom stereocenters. The molecule has 4 heterocycles. The number of carbonyl (C=O) groups excluding carboxylic acids is 1. The third kappa shape index (κ3) is 6.12. The fraction of sp³-hybridized carbons (Fsp3) is 0.333. The number of carbonyl (C=O) groups is 1. The van der Waals surface area contributed by atoms with Crippen LogP contribution in [-0.2, 0) is 25.5 Å². The molecule has 0 saturated carbocycles. The lowest BCUT2D eigenvalue weighted by Crippen LogP contribution is -2.52. The normalized spacial score (nSPS) is 19.7. The first-order valence-electron chi connectivity index (χ1n) is 13.6. The number of nitrogens with one attached hydrogen (secondary N) is 2. The van der Waals surface area contributed by atoms with Crippen LogP contribution in [0.15, 0.2) is 66.9 Å². The van der Waals surface area contributed by atoms with E-state index in [1.807, 2.05) is 42.2 Å². The number of aromatic amines is 1. The second-order valence-corrected chi connectivity index (χ2v) is 10.2. The lowest BCUT2D eigenvalue weighted by atomic mass is 10.1. The molecule has 212 valence electrons. The number of morpholine rings is 1. The van der Waals surface area contributed by atoms with Crippen LogP contribution in [0.2, 0.25) is 0 Å². The molecule has 0 bridgehead atoms. The lowest BCUT2D eigenvalue weighted by Gasteiger charge is -2.39. The van der Waals surface area contributed by atoms with Gasteiger partial charge in [-0.2, -0.15) is 0 Å². The Morgan fingerprint density at radius 2 is 1.83 bits per heavy atom. The van der Waals surface area contributed by atoms with Crippen molar-refractivity contribution in [2.45, 2.75) is 25.6 Å². The summed E-state index contributed by atoms with van der Waals surface area (Å²) in [6, 6.07) is 17.8. The number of H-pyrrole nitrogens is 1. The fourth-order valence-electron chi connectivity index (χ4n) is 5.00. The van der Waals surface area contributed by atoms with Crippen LogP contribution in [0.1, 0.15) is 24.4 Å². The van der Waals surface area contributed by atoms with Crippen LogP contribution < -0.4 is 5.32 Å². The van der Waals surface area contributed by atoms with Gasteiger partial charge >= 0.3 is 0 Å². The first kappa shape index (κ1) is 27.0. The highest BCUT2D eigenvalue weighted by Crippen LogP contribution is 2.33. The maximum atomic E-state index is 13.8. The molecule has 11 heteroatoms. The van der Waals surface area contributed by atoms with Crippen LogP contribution in [0.3, 0.4) is 0 Å². The Labute approximate surface area is 236 Å². The minimum atomic E-state index is -0.494. The zero-order valence-electron chi connectivity index (χ0n) is 22.6. The van der Waals surface area contributed by atoms with Gasteiger partial charge in [-0.3, -0.25) is 4.79 Å². The van der Waals surface area contributed by atoms with Crippen molar-refractivity contribution in [2.75, 3.05) is 38.5 Å². The highest BCUT2D eigenvalue weighted by atomic mass is 19.1. The predicted octanol–water partition coefficient (Wildman–Crippen LogP) is 4.19. The SMILES string of the molecule is CC1COC(c2nc(-c3ccc(F)cc3)c(-c3ccnc(NCc4ccccc4)n3)[nH]2)CN1C(=O)C1COCOC1. The van der Waals surface area contributed by atoms with E-state index in [0.29, 0.717) is 61.8 Å². The van der Waals surface area contributed by atoms with E-state index in [-0.39, 0.29) is 30.5 Å². The fourth-order valence-corrected chi connectivity index (χ4v) is 5.00. The van der Waals surface area contributed by atoms with Crippen LogP contribution in [0.5, 0.6) is 0 Å². The van der Waals surface area contributed by atoms with Gasteiger partial charge in [-0.05, 0) is 42.8 Å². The Morgan fingerprint density at radius 3 is 2.61 bits per heavy atom. The number of hydrogen-bond acceptors (Lipinski definition) is 8. The Kier molecular flexibility index (Phi) is 7.99. The Hall–Kier alpha value is -4.19. The Bertz CT molecular complexity index is 1480. The number of amides is 1. The minimum absolute atomic E-state index is 0.0269. The number of rotatable bonds is 7. The summed E-state index contributed by atoms with van der Waals surface area (Å²) in [5.41, 5.74) is 3.68. The summed E-state index contributed by atoms with van der Waals surface area (Å²) < 4.78 is 30.6. The zero-order chi connectivity index (χ0) is 28.2. The van der Waals surface area contributed by atoms with Crippen molar-refractivity contribution in [1.29, 1.82) is 0 Å². The van der Waals surface area contributed by atoms with Crippen LogP contribution >= 0.6 is 0 Å². The summed E-state index contributed by atoms with van der Waals surface area (Å²) >= 11 is 0. The number of imidazole rings is 1. The summed E-state index contributed by atoms with van der Waals surface area (Å²) in [6.45, 7) is 4.08. The second kappa shape index (κ2) is 12.1. The minimum Gasteiger partial charge on any atom is -0.366 e. The van der Waals surface area contributed by atoms with Crippen LogP contribution in [0, 0.1) is 11.7 Å². The highest BCUT2D eigenvalue weighted by molar-refractivity contribution is 5.80. The molecule has 2 aromatic carbocycles. The van der Waals surface area contributed by atoms with Crippen LogP contribution in [-0.4, -0.2) is 69.9 Å². The predicted molar refractivity (Wildman–Crippen MR) is 149 cm³/mol. The molecular formula is C30H31FN6O4. The molecule has 0 aliphatic carbocycles.